The van der Waals surface area contributed by atoms with E-state index in [0.717, 1.165) is 25.7 Å². The summed E-state index contributed by atoms with van der Waals surface area (Å²) in [5.41, 5.74) is 0. The van der Waals surface area contributed by atoms with Gasteiger partial charge in [-0.1, -0.05) is 13.0 Å². The number of nitrogens with one attached hydrogen (secondary N) is 1. The molecular weight excluding hydrogens is 392 g/mol. The molecule has 0 radical (unpaired) electrons. The highest BCUT2D eigenvalue weighted by atomic mass is 32.1. The van der Waals surface area contributed by atoms with Crippen molar-refractivity contribution >= 4 is 34.9 Å². The van der Waals surface area contributed by atoms with Gasteiger partial charge in [-0.2, -0.15) is 0 Å². The predicted molar refractivity (Wildman–Crippen MR) is 111 cm³/mol. The van der Waals surface area contributed by atoms with Crippen LogP contribution in [-0.2, 0) is 19.1 Å². The number of hydrogen-bond acceptors (Lipinski definition) is 6. The number of rotatable bonds is 10. The number of carbonyl (C=O) groups is 4. The third-order valence-electron chi connectivity index (χ3n) is 5.31. The van der Waals surface area contributed by atoms with Crippen molar-refractivity contribution in [2.75, 3.05) is 20.2 Å². The molecule has 0 atom stereocenters. The highest BCUT2D eigenvalue weighted by Gasteiger charge is 2.25. The van der Waals surface area contributed by atoms with Crippen molar-refractivity contribution in [3.63, 3.8) is 0 Å². The number of likely N-dealkylation sites (N-methyl/N-ethyl adjacent to an activating group) is 1. The van der Waals surface area contributed by atoms with Crippen molar-refractivity contribution in [3.05, 3.63) is 22.4 Å². The zero-order chi connectivity index (χ0) is 21.2. The van der Waals surface area contributed by atoms with Crippen molar-refractivity contribution in [1.29, 1.82) is 0 Å². The number of esters is 1. The maximum absolute atomic E-state index is 12.2. The highest BCUT2D eigenvalue weighted by Crippen LogP contribution is 2.26. The van der Waals surface area contributed by atoms with Gasteiger partial charge in [0.2, 0.25) is 5.91 Å². The van der Waals surface area contributed by atoms with E-state index in [9.17, 15) is 19.2 Å². The standard InChI is InChI=1S/C21H30N2O5S/c1-15-5-7-16(8-6-15)23(2)20(26)14-28-21(27)11-12-22-19(25)10-9-17(24)18-4-3-13-29-18/h3-4,13,15-16H,5-12,14H2,1-2H3,(H,22,25). The van der Waals surface area contributed by atoms with Gasteiger partial charge in [-0.05, 0) is 43.0 Å². The molecule has 2 amide bonds. The fraction of sp³-hybridized carbons (Fsp3) is 0.619. The minimum absolute atomic E-state index is 0.0114. The smallest absolute Gasteiger partial charge is 0.308 e. The molecule has 7 nitrogen and oxygen atoms in total. The molecule has 0 spiro atoms. The number of amides is 2. The van der Waals surface area contributed by atoms with E-state index in [0.29, 0.717) is 10.8 Å². The molecule has 1 N–H and O–H groups in total. The molecule has 2 rings (SSSR count). The summed E-state index contributed by atoms with van der Waals surface area (Å²) in [7, 11) is 1.76. The molecule has 0 aromatic carbocycles. The quantitative estimate of drug-likeness (QED) is 0.462. The summed E-state index contributed by atoms with van der Waals surface area (Å²) < 4.78 is 5.03. The number of hydrogen-bond donors (Lipinski definition) is 1. The lowest BCUT2D eigenvalue weighted by Crippen LogP contribution is -2.41. The zero-order valence-electron chi connectivity index (χ0n) is 17.1. The number of nitrogens with zero attached hydrogens (tertiary/aromatic N) is 1. The Morgan fingerprint density at radius 1 is 1.14 bits per heavy atom. The van der Waals surface area contributed by atoms with Gasteiger partial charge in [0.1, 0.15) is 0 Å². The van der Waals surface area contributed by atoms with Crippen molar-refractivity contribution in [3.8, 4) is 0 Å². The first-order valence-electron chi connectivity index (χ1n) is 10.1. The highest BCUT2D eigenvalue weighted by molar-refractivity contribution is 7.12. The molecule has 29 heavy (non-hydrogen) atoms. The Morgan fingerprint density at radius 3 is 2.52 bits per heavy atom. The van der Waals surface area contributed by atoms with Crippen LogP contribution in [0.4, 0.5) is 0 Å². The molecule has 8 heteroatoms. The van der Waals surface area contributed by atoms with E-state index >= 15 is 0 Å². The molecule has 1 heterocycles. The van der Waals surface area contributed by atoms with Gasteiger partial charge in [-0.3, -0.25) is 19.2 Å². The maximum atomic E-state index is 12.2. The molecule has 1 aromatic heterocycles. The van der Waals surface area contributed by atoms with Crippen LogP contribution in [0.25, 0.3) is 0 Å². The van der Waals surface area contributed by atoms with Crippen LogP contribution < -0.4 is 5.32 Å². The molecule has 0 bridgehead atoms. The summed E-state index contributed by atoms with van der Waals surface area (Å²) in [4.78, 5) is 50.0. The van der Waals surface area contributed by atoms with Crippen LogP contribution >= 0.6 is 11.3 Å². The van der Waals surface area contributed by atoms with E-state index in [-0.39, 0.29) is 56.1 Å². The van der Waals surface area contributed by atoms with Crippen LogP contribution in [0.2, 0.25) is 0 Å². The first kappa shape index (κ1) is 23.1. The lowest BCUT2D eigenvalue weighted by Gasteiger charge is -2.33. The van der Waals surface area contributed by atoms with Gasteiger partial charge in [0.05, 0.1) is 11.3 Å². The van der Waals surface area contributed by atoms with Gasteiger partial charge in [0, 0.05) is 32.5 Å². The second-order valence-corrected chi connectivity index (χ2v) is 8.53. The van der Waals surface area contributed by atoms with Crippen LogP contribution in [-0.4, -0.2) is 54.7 Å². The topological polar surface area (TPSA) is 92.8 Å². The third-order valence-corrected chi connectivity index (χ3v) is 6.22. The average Bonchev–Trinajstić information content (AvgIpc) is 3.25. The molecule has 1 fully saturated rings. The van der Waals surface area contributed by atoms with Gasteiger partial charge in [-0.25, -0.2) is 0 Å². The molecule has 1 aliphatic rings. The molecule has 160 valence electrons. The van der Waals surface area contributed by atoms with Crippen molar-refractivity contribution in [2.45, 2.75) is 57.9 Å². The Bertz CT molecular complexity index is 696. The summed E-state index contributed by atoms with van der Waals surface area (Å²) >= 11 is 1.35. The first-order valence-corrected chi connectivity index (χ1v) is 11.0. The van der Waals surface area contributed by atoms with Gasteiger partial charge < -0.3 is 15.0 Å². The van der Waals surface area contributed by atoms with Crippen molar-refractivity contribution < 1.29 is 23.9 Å². The molecular formula is C21H30N2O5S. The second kappa shape index (κ2) is 11.7. The predicted octanol–water partition coefficient (Wildman–Crippen LogP) is 2.80. The van der Waals surface area contributed by atoms with Gasteiger partial charge >= 0.3 is 5.97 Å². The van der Waals surface area contributed by atoms with Crippen LogP contribution in [0, 0.1) is 5.92 Å². The zero-order valence-corrected chi connectivity index (χ0v) is 18.0. The monoisotopic (exact) mass is 422 g/mol. The van der Waals surface area contributed by atoms with Crippen LogP contribution in [0.5, 0.6) is 0 Å². The molecule has 0 saturated heterocycles. The fourth-order valence-corrected chi connectivity index (χ4v) is 4.02. The van der Waals surface area contributed by atoms with Gasteiger partial charge in [0.25, 0.3) is 5.91 Å². The Kier molecular flexibility index (Phi) is 9.31. The summed E-state index contributed by atoms with van der Waals surface area (Å²) in [5.74, 6) is -0.376. The minimum Gasteiger partial charge on any atom is -0.456 e. The largest absolute Gasteiger partial charge is 0.456 e. The number of carbonyl (C=O) groups excluding carboxylic acids is 4. The number of ketones is 1. The Hall–Kier alpha value is -2.22. The molecule has 1 aromatic rings. The summed E-state index contributed by atoms with van der Waals surface area (Å²) in [6.45, 7) is 2.07. The molecule has 1 aliphatic carbocycles. The Labute approximate surface area is 175 Å². The molecule has 0 aliphatic heterocycles. The maximum Gasteiger partial charge on any atom is 0.308 e. The first-order chi connectivity index (χ1) is 13.9. The third kappa shape index (κ3) is 7.97. The average molecular weight is 423 g/mol. The normalized spacial score (nSPS) is 18.7. The van der Waals surface area contributed by atoms with Crippen molar-refractivity contribution in [1.82, 2.24) is 10.2 Å². The van der Waals surface area contributed by atoms with E-state index in [4.69, 9.17) is 4.74 Å². The van der Waals surface area contributed by atoms with E-state index < -0.39 is 5.97 Å². The van der Waals surface area contributed by atoms with E-state index in [1.54, 1.807) is 24.1 Å². The van der Waals surface area contributed by atoms with Crippen LogP contribution in [0.15, 0.2) is 17.5 Å². The minimum atomic E-state index is -0.529. The van der Waals surface area contributed by atoms with E-state index in [1.165, 1.54) is 11.3 Å². The van der Waals surface area contributed by atoms with Crippen LogP contribution in [0.3, 0.4) is 0 Å². The lowest BCUT2D eigenvalue weighted by molar-refractivity contribution is -0.152. The number of ether oxygens (including phenoxy) is 1. The lowest BCUT2D eigenvalue weighted by atomic mass is 9.87. The molecule has 1 saturated carbocycles. The molecule has 0 unspecified atom stereocenters. The van der Waals surface area contributed by atoms with E-state index in [2.05, 4.69) is 12.2 Å². The number of thiophene rings is 1. The van der Waals surface area contributed by atoms with E-state index in [1.807, 2.05) is 5.38 Å². The number of Topliss-reactive ketones (excluding diaryl/α,β-unsaturated/α-hetero) is 1. The fourth-order valence-electron chi connectivity index (χ4n) is 3.33. The van der Waals surface area contributed by atoms with Crippen molar-refractivity contribution in [2.24, 2.45) is 5.92 Å². The second-order valence-electron chi connectivity index (χ2n) is 7.58. The Balaban J connectivity index is 1.56. The SMILES string of the molecule is CC1CCC(N(C)C(=O)COC(=O)CCNC(=O)CCC(=O)c2cccs2)CC1. The summed E-state index contributed by atoms with van der Waals surface area (Å²) in [6.07, 6.45) is 4.40. The van der Waals surface area contributed by atoms with Gasteiger partial charge in [-0.15, -0.1) is 11.3 Å². The Morgan fingerprint density at radius 2 is 1.86 bits per heavy atom. The summed E-state index contributed by atoms with van der Waals surface area (Å²) in [6, 6.07) is 3.74. The summed E-state index contributed by atoms with van der Waals surface area (Å²) in [5, 5.41) is 4.41. The van der Waals surface area contributed by atoms with Gasteiger partial charge in [0.15, 0.2) is 12.4 Å². The van der Waals surface area contributed by atoms with Crippen LogP contribution in [0.1, 0.15) is 61.5 Å².